The first-order chi connectivity index (χ1) is 13.7. The van der Waals surface area contributed by atoms with Crippen molar-refractivity contribution in [3.63, 3.8) is 0 Å². The van der Waals surface area contributed by atoms with Gasteiger partial charge in [-0.25, -0.2) is 4.68 Å². The van der Waals surface area contributed by atoms with Crippen LogP contribution in [0.4, 0.5) is 0 Å². The molecule has 6 nitrogen and oxygen atoms in total. The van der Waals surface area contributed by atoms with Gasteiger partial charge >= 0.3 is 0 Å². The summed E-state index contributed by atoms with van der Waals surface area (Å²) in [6.07, 6.45) is 10.6. The number of aliphatic imine (C=N–C) groups is 1. The van der Waals surface area contributed by atoms with Gasteiger partial charge in [0.25, 0.3) is 0 Å². The largest absolute Gasteiger partial charge is 0.352 e. The van der Waals surface area contributed by atoms with E-state index < -0.39 is 0 Å². The molecular formula is C21H30ClIN6. The van der Waals surface area contributed by atoms with Crippen LogP contribution in [-0.2, 0) is 6.54 Å². The second kappa shape index (κ2) is 10.6. The highest BCUT2D eigenvalue weighted by molar-refractivity contribution is 14.0. The Labute approximate surface area is 195 Å². The summed E-state index contributed by atoms with van der Waals surface area (Å²) >= 11 is 5.96. The number of hydrogen-bond acceptors (Lipinski definition) is 3. The maximum absolute atomic E-state index is 5.96. The highest BCUT2D eigenvalue weighted by Gasteiger charge is 2.30. The molecule has 4 rings (SSSR count). The molecule has 1 saturated carbocycles. The lowest BCUT2D eigenvalue weighted by atomic mass is 10.2. The van der Waals surface area contributed by atoms with E-state index in [9.17, 15) is 0 Å². The van der Waals surface area contributed by atoms with Gasteiger partial charge < -0.3 is 10.6 Å². The van der Waals surface area contributed by atoms with Crippen LogP contribution in [0.15, 0.2) is 41.7 Å². The molecule has 2 aliphatic rings. The van der Waals surface area contributed by atoms with Gasteiger partial charge in [-0.05, 0) is 43.5 Å². The predicted octanol–water partition coefficient (Wildman–Crippen LogP) is 3.83. The highest BCUT2D eigenvalue weighted by atomic mass is 127. The average molecular weight is 529 g/mol. The lowest BCUT2D eigenvalue weighted by molar-refractivity contribution is 0.242. The van der Waals surface area contributed by atoms with E-state index in [1.165, 1.54) is 38.6 Å². The van der Waals surface area contributed by atoms with E-state index in [1.807, 2.05) is 48.4 Å². The molecule has 0 amide bonds. The van der Waals surface area contributed by atoms with Crippen molar-refractivity contribution in [2.24, 2.45) is 4.99 Å². The first kappa shape index (κ1) is 22.4. The van der Waals surface area contributed by atoms with E-state index in [-0.39, 0.29) is 24.0 Å². The van der Waals surface area contributed by atoms with Crippen LogP contribution in [-0.4, -0.2) is 52.9 Å². The molecule has 0 spiro atoms. The minimum Gasteiger partial charge on any atom is -0.352 e. The van der Waals surface area contributed by atoms with Crippen molar-refractivity contribution < 1.29 is 0 Å². The normalized spacial score (nSPS) is 20.6. The molecule has 0 bridgehead atoms. The molecule has 2 heterocycles. The quantitative estimate of drug-likeness (QED) is 0.352. The van der Waals surface area contributed by atoms with Gasteiger partial charge in [0.05, 0.1) is 11.9 Å². The Morgan fingerprint density at radius 1 is 1.21 bits per heavy atom. The van der Waals surface area contributed by atoms with E-state index in [1.54, 1.807) is 0 Å². The summed E-state index contributed by atoms with van der Waals surface area (Å²) in [5.41, 5.74) is 2.10. The molecule has 1 unspecified atom stereocenters. The summed E-state index contributed by atoms with van der Waals surface area (Å²) < 4.78 is 1.86. The molecular weight excluding hydrogens is 499 g/mol. The molecule has 8 heteroatoms. The fourth-order valence-electron chi connectivity index (χ4n) is 4.27. The topological polar surface area (TPSA) is 57.5 Å². The Balaban J connectivity index is 0.00000240. The molecule has 0 radical (unpaired) electrons. The second-order valence-corrected chi connectivity index (χ2v) is 8.19. The van der Waals surface area contributed by atoms with Crippen LogP contribution in [0.3, 0.4) is 0 Å². The van der Waals surface area contributed by atoms with Crippen molar-refractivity contribution in [1.29, 1.82) is 0 Å². The van der Waals surface area contributed by atoms with Crippen molar-refractivity contribution in [2.75, 3.05) is 20.1 Å². The highest BCUT2D eigenvalue weighted by Crippen LogP contribution is 2.26. The number of aromatic nitrogens is 2. The zero-order valence-electron chi connectivity index (χ0n) is 16.9. The van der Waals surface area contributed by atoms with Gasteiger partial charge in [0.1, 0.15) is 0 Å². The third-order valence-electron chi connectivity index (χ3n) is 5.81. The Kier molecular flexibility index (Phi) is 8.20. The number of nitrogens with one attached hydrogen (secondary N) is 2. The van der Waals surface area contributed by atoms with Crippen molar-refractivity contribution in [2.45, 2.75) is 50.7 Å². The first-order valence-corrected chi connectivity index (χ1v) is 10.6. The van der Waals surface area contributed by atoms with Gasteiger partial charge in [-0.1, -0.05) is 24.4 Å². The Hall–Kier alpha value is -1.32. The summed E-state index contributed by atoms with van der Waals surface area (Å²) in [6.45, 7) is 3.01. The molecule has 1 aromatic carbocycles. The summed E-state index contributed by atoms with van der Waals surface area (Å²) in [4.78, 5) is 7.06. The predicted molar refractivity (Wildman–Crippen MR) is 130 cm³/mol. The van der Waals surface area contributed by atoms with E-state index in [0.29, 0.717) is 12.6 Å². The number of hydrogen-bond donors (Lipinski definition) is 2. The van der Waals surface area contributed by atoms with E-state index in [2.05, 4.69) is 25.6 Å². The number of benzene rings is 1. The number of rotatable bonds is 5. The second-order valence-electron chi connectivity index (χ2n) is 7.76. The molecule has 29 heavy (non-hydrogen) atoms. The maximum atomic E-state index is 5.96. The molecule has 1 aliphatic carbocycles. The molecule has 1 saturated heterocycles. The fraction of sp³-hybridized carbons (Fsp3) is 0.524. The van der Waals surface area contributed by atoms with Crippen LogP contribution >= 0.6 is 35.6 Å². The number of halogens is 2. The monoisotopic (exact) mass is 528 g/mol. The Morgan fingerprint density at radius 3 is 2.69 bits per heavy atom. The van der Waals surface area contributed by atoms with Gasteiger partial charge in [-0.2, -0.15) is 5.10 Å². The molecule has 2 N–H and O–H groups in total. The molecule has 1 aliphatic heterocycles. The zero-order valence-corrected chi connectivity index (χ0v) is 19.9. The summed E-state index contributed by atoms with van der Waals surface area (Å²) in [7, 11) is 1.83. The zero-order chi connectivity index (χ0) is 19.3. The smallest absolute Gasteiger partial charge is 0.191 e. The molecule has 2 fully saturated rings. The van der Waals surface area contributed by atoms with Gasteiger partial charge in [0.15, 0.2) is 5.96 Å². The van der Waals surface area contributed by atoms with Crippen LogP contribution in [0.25, 0.3) is 5.69 Å². The maximum Gasteiger partial charge on any atom is 0.191 e. The number of guanidine groups is 1. The van der Waals surface area contributed by atoms with Crippen LogP contribution in [0.5, 0.6) is 0 Å². The van der Waals surface area contributed by atoms with Crippen molar-refractivity contribution >= 4 is 41.5 Å². The molecule has 2 aromatic rings. The molecule has 158 valence electrons. The van der Waals surface area contributed by atoms with Crippen molar-refractivity contribution in [3.05, 3.63) is 47.2 Å². The summed E-state index contributed by atoms with van der Waals surface area (Å²) in [6, 6.07) is 8.95. The van der Waals surface area contributed by atoms with Gasteiger partial charge in [0.2, 0.25) is 0 Å². The molecule has 1 atom stereocenters. The Morgan fingerprint density at radius 2 is 1.97 bits per heavy atom. The summed E-state index contributed by atoms with van der Waals surface area (Å²) in [5.74, 6) is 0.859. The van der Waals surface area contributed by atoms with Gasteiger partial charge in [-0.15, -0.1) is 24.0 Å². The van der Waals surface area contributed by atoms with Gasteiger partial charge in [-0.3, -0.25) is 9.89 Å². The number of likely N-dealkylation sites (tertiary alicyclic amines) is 1. The lowest BCUT2D eigenvalue weighted by Gasteiger charge is -2.24. The van der Waals surface area contributed by atoms with Crippen LogP contribution < -0.4 is 10.6 Å². The third kappa shape index (κ3) is 5.86. The minimum absolute atomic E-state index is 0. The van der Waals surface area contributed by atoms with Crippen molar-refractivity contribution in [1.82, 2.24) is 25.3 Å². The van der Waals surface area contributed by atoms with Crippen molar-refractivity contribution in [3.8, 4) is 5.69 Å². The first-order valence-electron chi connectivity index (χ1n) is 10.2. The number of nitrogens with zero attached hydrogens (tertiary/aromatic N) is 4. The SMILES string of the molecule is CN=C(NCc1cnn(-c2ccc(Cl)cc2)c1)NC1CCN(C2CCCC2)C1.I. The molecule has 1 aromatic heterocycles. The van der Waals surface area contributed by atoms with E-state index >= 15 is 0 Å². The van der Waals surface area contributed by atoms with Crippen LogP contribution in [0.2, 0.25) is 5.02 Å². The fourth-order valence-corrected chi connectivity index (χ4v) is 4.39. The van der Waals surface area contributed by atoms with E-state index in [0.717, 1.165) is 34.8 Å². The van der Waals surface area contributed by atoms with Crippen LogP contribution in [0, 0.1) is 0 Å². The van der Waals surface area contributed by atoms with E-state index in [4.69, 9.17) is 11.6 Å². The van der Waals surface area contributed by atoms with Crippen LogP contribution in [0.1, 0.15) is 37.7 Å². The standard InChI is InChI=1S/C21H29ClN6.HI/c1-23-21(26-18-10-11-27(15-18)19-4-2-3-5-19)24-12-16-13-25-28(14-16)20-8-6-17(22)7-9-20;/h6-9,13-14,18-19H,2-5,10-12,15H2,1H3,(H2,23,24,26);1H. The lowest BCUT2D eigenvalue weighted by Crippen LogP contribution is -2.45. The van der Waals surface area contributed by atoms with Gasteiger partial charge in [0, 0.05) is 55.5 Å². The Bertz CT molecular complexity index is 800. The average Bonchev–Trinajstić information content (AvgIpc) is 3.47. The summed E-state index contributed by atoms with van der Waals surface area (Å²) in [5, 5.41) is 12.2. The minimum atomic E-state index is 0. The third-order valence-corrected chi connectivity index (χ3v) is 6.06.